The highest BCUT2D eigenvalue weighted by Crippen LogP contribution is 2.04. The van der Waals surface area contributed by atoms with Crippen molar-refractivity contribution in [3.8, 4) is 0 Å². The van der Waals surface area contributed by atoms with Gasteiger partial charge in [-0.15, -0.1) is 0 Å². The molecule has 0 spiro atoms. The second-order valence-corrected chi connectivity index (χ2v) is 4.64. The van der Waals surface area contributed by atoms with Crippen LogP contribution in [0.1, 0.15) is 13.8 Å². The van der Waals surface area contributed by atoms with Crippen LogP contribution >= 0.6 is 10.7 Å². The van der Waals surface area contributed by atoms with Gasteiger partial charge in [0.25, 0.3) is 9.24 Å². The summed E-state index contributed by atoms with van der Waals surface area (Å²) in [6.45, 7) is 5.24. The first-order valence-corrected chi connectivity index (χ1v) is 6.06. The Bertz CT molecular complexity index is 205. The third-order valence-corrected chi connectivity index (χ3v) is 2.99. The lowest BCUT2D eigenvalue weighted by molar-refractivity contribution is 0.136. The molecule has 0 rings (SSSR count). The van der Waals surface area contributed by atoms with Crippen molar-refractivity contribution in [2.45, 2.75) is 13.8 Å². The van der Waals surface area contributed by atoms with Crippen LogP contribution in [0.15, 0.2) is 0 Å². The Morgan fingerprint density at radius 2 is 2.00 bits per heavy atom. The third kappa shape index (κ3) is 4.92. The molecule has 0 aromatic heterocycles. The Morgan fingerprint density at radius 1 is 1.42 bits per heavy atom. The quantitative estimate of drug-likeness (QED) is 0.487. The Labute approximate surface area is 78.0 Å². The van der Waals surface area contributed by atoms with Crippen molar-refractivity contribution in [2.24, 2.45) is 0 Å². The van der Waals surface area contributed by atoms with Crippen LogP contribution in [0.25, 0.3) is 0 Å². The summed E-state index contributed by atoms with van der Waals surface area (Å²) < 4.78 is 27.7. The van der Waals surface area contributed by atoms with E-state index in [9.17, 15) is 8.42 Å². The fourth-order valence-electron chi connectivity index (χ4n) is 0.732. The second-order valence-electron chi connectivity index (χ2n) is 2.13. The number of likely N-dealkylation sites (N-methyl/N-ethyl adjacent to an activating group) is 1. The molecule has 0 unspecified atom stereocenters. The molecule has 0 aromatic rings. The summed E-state index contributed by atoms with van der Waals surface area (Å²) in [6.07, 6.45) is 0. The monoisotopic (exact) mass is 215 g/mol. The smallest absolute Gasteiger partial charge is 0.299 e. The summed E-state index contributed by atoms with van der Waals surface area (Å²) in [5.74, 6) is 0. The summed E-state index contributed by atoms with van der Waals surface area (Å²) in [5, 5.41) is 0. The first-order valence-electron chi connectivity index (χ1n) is 3.79. The van der Waals surface area contributed by atoms with Crippen LogP contribution in [0.2, 0.25) is 0 Å². The zero-order valence-electron chi connectivity index (χ0n) is 7.29. The number of hydrogen-bond donors (Lipinski definition) is 0. The van der Waals surface area contributed by atoms with Gasteiger partial charge >= 0.3 is 0 Å². The van der Waals surface area contributed by atoms with E-state index in [4.69, 9.17) is 15.4 Å². The maximum atomic E-state index is 10.8. The molecule has 4 nitrogen and oxygen atoms in total. The van der Waals surface area contributed by atoms with Gasteiger partial charge in [0.15, 0.2) is 0 Å². The predicted molar refractivity (Wildman–Crippen MR) is 48.5 cm³/mol. The number of rotatable bonds is 6. The van der Waals surface area contributed by atoms with Gasteiger partial charge in [0, 0.05) is 30.4 Å². The van der Waals surface area contributed by atoms with Gasteiger partial charge in [0.05, 0.1) is 6.61 Å². The van der Waals surface area contributed by atoms with E-state index in [-0.39, 0.29) is 0 Å². The average molecular weight is 216 g/mol. The standard InChI is InChI=1S/C6H14ClNO3S/c1-3-8(12(7,9)10)5-6-11-4-2/h3-6H2,1-2H3. The van der Waals surface area contributed by atoms with E-state index in [1.807, 2.05) is 6.92 Å². The van der Waals surface area contributed by atoms with E-state index in [1.165, 1.54) is 0 Å². The molecule has 0 aliphatic carbocycles. The van der Waals surface area contributed by atoms with Crippen LogP contribution in [-0.4, -0.2) is 39.0 Å². The predicted octanol–water partition coefficient (Wildman–Crippen LogP) is 0.828. The lowest BCUT2D eigenvalue weighted by Gasteiger charge is -2.15. The van der Waals surface area contributed by atoms with E-state index in [2.05, 4.69) is 0 Å². The highest BCUT2D eigenvalue weighted by molar-refractivity contribution is 8.11. The SMILES string of the molecule is CCOCCN(CC)S(=O)(=O)Cl. The van der Waals surface area contributed by atoms with Crippen molar-refractivity contribution in [1.29, 1.82) is 0 Å². The molecule has 0 atom stereocenters. The first-order chi connectivity index (χ1) is 5.52. The molecule has 6 heteroatoms. The molecule has 0 saturated heterocycles. The normalized spacial score (nSPS) is 12.3. The molecule has 0 amide bonds. The van der Waals surface area contributed by atoms with Gasteiger partial charge in [-0.05, 0) is 6.92 Å². The minimum absolute atomic E-state index is 0.316. The van der Waals surface area contributed by atoms with E-state index in [0.29, 0.717) is 26.3 Å². The van der Waals surface area contributed by atoms with Gasteiger partial charge in [-0.2, -0.15) is 12.7 Å². The van der Waals surface area contributed by atoms with Gasteiger partial charge in [-0.3, -0.25) is 0 Å². The van der Waals surface area contributed by atoms with Crippen molar-refractivity contribution in [2.75, 3.05) is 26.3 Å². The third-order valence-electron chi connectivity index (χ3n) is 1.35. The summed E-state index contributed by atoms with van der Waals surface area (Å²) in [4.78, 5) is 0. The van der Waals surface area contributed by atoms with Crippen LogP contribution in [0.3, 0.4) is 0 Å². The van der Waals surface area contributed by atoms with E-state index >= 15 is 0 Å². The van der Waals surface area contributed by atoms with Gasteiger partial charge in [0.1, 0.15) is 0 Å². The zero-order chi connectivity index (χ0) is 9.61. The van der Waals surface area contributed by atoms with Crippen molar-refractivity contribution < 1.29 is 13.2 Å². The maximum Gasteiger partial charge on any atom is 0.299 e. The molecule has 0 aliphatic heterocycles. The molecule has 12 heavy (non-hydrogen) atoms. The van der Waals surface area contributed by atoms with Crippen molar-refractivity contribution in [3.63, 3.8) is 0 Å². The fourth-order valence-corrected chi connectivity index (χ4v) is 1.83. The highest BCUT2D eigenvalue weighted by Gasteiger charge is 2.15. The maximum absolute atomic E-state index is 10.8. The van der Waals surface area contributed by atoms with Crippen LogP contribution in [0.4, 0.5) is 0 Å². The molecular weight excluding hydrogens is 202 g/mol. The second kappa shape index (κ2) is 5.75. The minimum Gasteiger partial charge on any atom is -0.380 e. The Hall–Kier alpha value is 0.160. The van der Waals surface area contributed by atoms with E-state index in [0.717, 1.165) is 4.31 Å². The molecule has 0 N–H and O–H groups in total. The molecule has 0 heterocycles. The largest absolute Gasteiger partial charge is 0.380 e. The molecular formula is C6H14ClNO3S. The number of hydrogen-bond acceptors (Lipinski definition) is 3. The molecule has 0 aliphatic rings. The number of halogens is 1. The summed E-state index contributed by atoms with van der Waals surface area (Å²) in [6, 6.07) is 0. The van der Waals surface area contributed by atoms with Gasteiger partial charge < -0.3 is 4.74 Å². The highest BCUT2D eigenvalue weighted by atomic mass is 35.7. The van der Waals surface area contributed by atoms with Crippen molar-refractivity contribution in [1.82, 2.24) is 4.31 Å². The summed E-state index contributed by atoms with van der Waals surface area (Å²) in [5.41, 5.74) is 0. The number of nitrogens with zero attached hydrogens (tertiary/aromatic N) is 1. The molecule has 0 radical (unpaired) electrons. The summed E-state index contributed by atoms with van der Waals surface area (Å²) in [7, 11) is 1.55. The fraction of sp³-hybridized carbons (Fsp3) is 1.00. The van der Waals surface area contributed by atoms with E-state index < -0.39 is 9.24 Å². The van der Waals surface area contributed by atoms with Crippen molar-refractivity contribution >= 4 is 19.9 Å². The van der Waals surface area contributed by atoms with Crippen LogP contribution in [0, 0.1) is 0 Å². The first kappa shape index (κ1) is 12.2. The van der Waals surface area contributed by atoms with Crippen molar-refractivity contribution in [3.05, 3.63) is 0 Å². The molecule has 0 aromatic carbocycles. The Morgan fingerprint density at radius 3 is 2.33 bits per heavy atom. The van der Waals surface area contributed by atoms with Crippen LogP contribution in [0.5, 0.6) is 0 Å². The Kier molecular flexibility index (Phi) is 5.82. The minimum atomic E-state index is -3.57. The van der Waals surface area contributed by atoms with Gasteiger partial charge in [-0.25, -0.2) is 0 Å². The number of ether oxygens (including phenoxy) is 1. The van der Waals surface area contributed by atoms with Gasteiger partial charge in [-0.1, -0.05) is 6.92 Å². The van der Waals surface area contributed by atoms with Crippen LogP contribution in [-0.2, 0) is 14.0 Å². The lowest BCUT2D eigenvalue weighted by Crippen LogP contribution is -2.30. The average Bonchev–Trinajstić information content (AvgIpc) is 1.95. The summed E-state index contributed by atoms with van der Waals surface area (Å²) >= 11 is 0. The molecule has 0 fully saturated rings. The Balaban J connectivity index is 3.85. The molecule has 74 valence electrons. The topological polar surface area (TPSA) is 46.6 Å². The zero-order valence-corrected chi connectivity index (χ0v) is 8.86. The molecule has 0 saturated carbocycles. The lowest BCUT2D eigenvalue weighted by atomic mass is 10.6. The van der Waals surface area contributed by atoms with E-state index in [1.54, 1.807) is 6.92 Å². The molecule has 0 bridgehead atoms. The van der Waals surface area contributed by atoms with Crippen LogP contribution < -0.4 is 0 Å². The van der Waals surface area contributed by atoms with Gasteiger partial charge in [0.2, 0.25) is 0 Å².